The standard InChI is InChI=1S/C17H11F3O2/c18-11-5-7-12-10(8-17(21)22-16(12)9-11)4-6-13-14(19)2-1-3-15(13)20/h1-3,5,7-9H,4,6H2. The fraction of sp³-hybridized carbons (Fsp3) is 0.118. The van der Waals surface area contributed by atoms with E-state index in [4.69, 9.17) is 4.42 Å². The molecule has 22 heavy (non-hydrogen) atoms. The molecule has 0 spiro atoms. The molecule has 0 aliphatic rings. The quantitative estimate of drug-likeness (QED) is 0.685. The van der Waals surface area contributed by atoms with Gasteiger partial charge in [0.2, 0.25) is 0 Å². The number of rotatable bonds is 3. The van der Waals surface area contributed by atoms with Crippen LogP contribution in [0.4, 0.5) is 13.2 Å². The smallest absolute Gasteiger partial charge is 0.336 e. The van der Waals surface area contributed by atoms with Crippen molar-refractivity contribution in [3.05, 3.63) is 81.5 Å². The maximum Gasteiger partial charge on any atom is 0.336 e. The van der Waals surface area contributed by atoms with Gasteiger partial charge in [0.15, 0.2) is 0 Å². The Hall–Kier alpha value is -2.56. The molecule has 5 heteroatoms. The first-order valence-electron chi connectivity index (χ1n) is 6.70. The maximum absolute atomic E-state index is 13.6. The van der Waals surface area contributed by atoms with Crippen LogP contribution >= 0.6 is 0 Å². The number of aryl methyl sites for hydroxylation is 1. The summed E-state index contributed by atoms with van der Waals surface area (Å²) in [5, 5.41) is 0.553. The molecule has 0 aliphatic heterocycles. The van der Waals surface area contributed by atoms with Gasteiger partial charge in [0.05, 0.1) is 0 Å². The van der Waals surface area contributed by atoms with Crippen LogP contribution in [-0.4, -0.2) is 0 Å². The molecule has 1 aromatic heterocycles. The van der Waals surface area contributed by atoms with Crippen LogP contribution in [0.2, 0.25) is 0 Å². The van der Waals surface area contributed by atoms with Gasteiger partial charge >= 0.3 is 5.63 Å². The molecule has 2 nitrogen and oxygen atoms in total. The second kappa shape index (κ2) is 5.67. The highest BCUT2D eigenvalue weighted by molar-refractivity contribution is 5.80. The van der Waals surface area contributed by atoms with Gasteiger partial charge in [-0.05, 0) is 42.7 Å². The summed E-state index contributed by atoms with van der Waals surface area (Å²) in [7, 11) is 0. The molecule has 0 bridgehead atoms. The van der Waals surface area contributed by atoms with Gasteiger partial charge in [0.25, 0.3) is 0 Å². The third-order valence-electron chi connectivity index (χ3n) is 3.50. The van der Waals surface area contributed by atoms with Crippen LogP contribution in [-0.2, 0) is 12.8 Å². The highest BCUT2D eigenvalue weighted by Gasteiger charge is 2.11. The van der Waals surface area contributed by atoms with E-state index in [9.17, 15) is 18.0 Å². The van der Waals surface area contributed by atoms with E-state index in [0.717, 1.165) is 6.07 Å². The predicted molar refractivity (Wildman–Crippen MR) is 76.2 cm³/mol. The van der Waals surface area contributed by atoms with Crippen molar-refractivity contribution in [2.45, 2.75) is 12.8 Å². The maximum atomic E-state index is 13.6. The van der Waals surface area contributed by atoms with Crippen molar-refractivity contribution in [2.24, 2.45) is 0 Å². The fourth-order valence-electron chi connectivity index (χ4n) is 2.44. The predicted octanol–water partition coefficient (Wildman–Crippen LogP) is 4.00. The van der Waals surface area contributed by atoms with Crippen molar-refractivity contribution in [2.75, 3.05) is 0 Å². The average molecular weight is 304 g/mol. The molecule has 0 N–H and O–H groups in total. The number of benzene rings is 2. The summed E-state index contributed by atoms with van der Waals surface area (Å²) >= 11 is 0. The molecule has 0 fully saturated rings. The third-order valence-corrected chi connectivity index (χ3v) is 3.50. The summed E-state index contributed by atoms with van der Waals surface area (Å²) in [6.45, 7) is 0. The molecule has 0 amide bonds. The van der Waals surface area contributed by atoms with Crippen molar-refractivity contribution in [1.82, 2.24) is 0 Å². The van der Waals surface area contributed by atoms with Gasteiger partial charge in [-0.2, -0.15) is 0 Å². The van der Waals surface area contributed by atoms with Gasteiger partial charge in [0, 0.05) is 23.1 Å². The summed E-state index contributed by atoms with van der Waals surface area (Å²) < 4.78 is 45.4. The molecule has 3 rings (SSSR count). The van der Waals surface area contributed by atoms with Gasteiger partial charge in [-0.15, -0.1) is 0 Å². The molecule has 3 aromatic rings. The van der Waals surface area contributed by atoms with E-state index >= 15 is 0 Å². The van der Waals surface area contributed by atoms with Gasteiger partial charge in [-0.25, -0.2) is 18.0 Å². The average Bonchev–Trinajstić information content (AvgIpc) is 2.45. The number of halogens is 3. The van der Waals surface area contributed by atoms with Crippen molar-refractivity contribution in [3.8, 4) is 0 Å². The summed E-state index contributed by atoms with van der Waals surface area (Å²) in [4.78, 5) is 11.5. The molecule has 0 saturated heterocycles. The van der Waals surface area contributed by atoms with Gasteiger partial charge in [0.1, 0.15) is 23.0 Å². The molecule has 0 saturated carbocycles. The zero-order valence-electron chi connectivity index (χ0n) is 11.4. The molecular formula is C17H11F3O2. The Bertz CT molecular complexity index is 880. The summed E-state index contributed by atoms with van der Waals surface area (Å²) in [5.74, 6) is -1.77. The van der Waals surface area contributed by atoms with Crippen LogP contribution in [0.5, 0.6) is 0 Å². The van der Waals surface area contributed by atoms with Crippen LogP contribution in [0.1, 0.15) is 11.1 Å². The van der Waals surface area contributed by atoms with Crippen LogP contribution < -0.4 is 5.63 Å². The largest absolute Gasteiger partial charge is 0.423 e. The van der Waals surface area contributed by atoms with E-state index in [0.29, 0.717) is 10.9 Å². The van der Waals surface area contributed by atoms with E-state index in [-0.39, 0.29) is 24.0 Å². The van der Waals surface area contributed by atoms with Crippen molar-refractivity contribution >= 4 is 11.0 Å². The number of hydrogen-bond donors (Lipinski definition) is 0. The molecule has 0 atom stereocenters. The normalized spacial score (nSPS) is 11.0. The van der Waals surface area contributed by atoms with E-state index in [1.807, 2.05) is 0 Å². The van der Waals surface area contributed by atoms with E-state index in [2.05, 4.69) is 0 Å². The summed E-state index contributed by atoms with van der Waals surface area (Å²) in [5.41, 5.74) is 0.0264. The second-order valence-electron chi connectivity index (χ2n) is 4.93. The first-order valence-corrected chi connectivity index (χ1v) is 6.70. The monoisotopic (exact) mass is 304 g/mol. The van der Waals surface area contributed by atoms with Crippen LogP contribution in [0, 0.1) is 17.5 Å². The molecular weight excluding hydrogens is 293 g/mol. The molecule has 0 unspecified atom stereocenters. The minimum Gasteiger partial charge on any atom is -0.423 e. The topological polar surface area (TPSA) is 30.2 Å². The van der Waals surface area contributed by atoms with E-state index in [1.165, 1.54) is 36.4 Å². The van der Waals surface area contributed by atoms with Gasteiger partial charge in [-0.1, -0.05) is 6.07 Å². The number of fused-ring (bicyclic) bond motifs is 1. The summed E-state index contributed by atoms with van der Waals surface area (Å²) in [6, 6.07) is 8.78. The minimum absolute atomic E-state index is 0.0361. The van der Waals surface area contributed by atoms with Gasteiger partial charge in [-0.3, -0.25) is 0 Å². The highest BCUT2D eigenvalue weighted by atomic mass is 19.1. The third kappa shape index (κ3) is 2.74. The molecule has 2 aromatic carbocycles. The fourth-order valence-corrected chi connectivity index (χ4v) is 2.44. The second-order valence-corrected chi connectivity index (χ2v) is 4.93. The summed E-state index contributed by atoms with van der Waals surface area (Å²) in [6.07, 6.45) is 0.333. The molecule has 0 radical (unpaired) electrons. The lowest BCUT2D eigenvalue weighted by Crippen LogP contribution is -2.04. The van der Waals surface area contributed by atoms with Crippen molar-refractivity contribution in [3.63, 3.8) is 0 Å². The van der Waals surface area contributed by atoms with Crippen LogP contribution in [0.15, 0.2) is 51.7 Å². The Balaban J connectivity index is 1.99. The zero-order chi connectivity index (χ0) is 15.7. The van der Waals surface area contributed by atoms with E-state index < -0.39 is 23.1 Å². The first-order chi connectivity index (χ1) is 10.5. The van der Waals surface area contributed by atoms with Crippen molar-refractivity contribution < 1.29 is 17.6 Å². The minimum atomic E-state index is -0.627. The SMILES string of the molecule is O=c1cc(CCc2c(F)cccc2F)c2ccc(F)cc2o1. The Morgan fingerprint density at radius 2 is 1.64 bits per heavy atom. The first kappa shape index (κ1) is 14.4. The zero-order valence-corrected chi connectivity index (χ0v) is 11.4. The highest BCUT2D eigenvalue weighted by Crippen LogP contribution is 2.21. The lowest BCUT2D eigenvalue weighted by molar-refractivity contribution is 0.548. The van der Waals surface area contributed by atoms with Crippen LogP contribution in [0.3, 0.4) is 0 Å². The molecule has 112 valence electrons. The lowest BCUT2D eigenvalue weighted by atomic mass is 10.0. The molecule has 1 heterocycles. The Kier molecular flexibility index (Phi) is 3.71. The molecule has 0 aliphatic carbocycles. The Morgan fingerprint density at radius 3 is 2.36 bits per heavy atom. The van der Waals surface area contributed by atoms with Crippen molar-refractivity contribution in [1.29, 1.82) is 0 Å². The lowest BCUT2D eigenvalue weighted by Gasteiger charge is -2.07. The van der Waals surface area contributed by atoms with E-state index in [1.54, 1.807) is 0 Å². The van der Waals surface area contributed by atoms with Crippen LogP contribution in [0.25, 0.3) is 11.0 Å². The van der Waals surface area contributed by atoms with Gasteiger partial charge < -0.3 is 4.42 Å². The Labute approximate surface area is 123 Å². The Morgan fingerprint density at radius 1 is 0.909 bits per heavy atom. The number of hydrogen-bond acceptors (Lipinski definition) is 2.